The fourth-order valence-electron chi connectivity index (χ4n) is 3.07. The van der Waals surface area contributed by atoms with E-state index in [0.29, 0.717) is 34.9 Å². The zero-order valence-electron chi connectivity index (χ0n) is 17.3. The minimum Gasteiger partial charge on any atom is -0.507 e. The van der Waals surface area contributed by atoms with Crippen molar-refractivity contribution in [2.24, 2.45) is 5.73 Å². The van der Waals surface area contributed by atoms with Gasteiger partial charge in [0.15, 0.2) is 5.78 Å². The summed E-state index contributed by atoms with van der Waals surface area (Å²) in [6.07, 6.45) is 0. The molecule has 30 heavy (non-hydrogen) atoms. The highest BCUT2D eigenvalue weighted by molar-refractivity contribution is 6.30. The molecule has 154 valence electrons. The average Bonchev–Trinajstić information content (AvgIpc) is 2.73. The Balaban J connectivity index is 1.80. The van der Waals surface area contributed by atoms with Crippen LogP contribution in [0.2, 0.25) is 0 Å². The van der Waals surface area contributed by atoms with Crippen LogP contribution in [-0.2, 0) is 6.61 Å². The number of carbonyl (C=O) groups is 1. The third-order valence-corrected chi connectivity index (χ3v) is 4.74. The summed E-state index contributed by atoms with van der Waals surface area (Å²) in [6, 6.07) is 19.7. The van der Waals surface area contributed by atoms with E-state index in [1.165, 1.54) is 11.6 Å². The lowest BCUT2D eigenvalue weighted by Crippen LogP contribution is -2.09. The number of allylic oxidation sites excluding steroid dienone is 2. The molecule has 0 spiro atoms. The summed E-state index contributed by atoms with van der Waals surface area (Å²) in [4.78, 5) is 13.1. The van der Waals surface area contributed by atoms with Crippen molar-refractivity contribution in [2.75, 3.05) is 7.11 Å². The Morgan fingerprint density at radius 3 is 2.17 bits per heavy atom. The van der Waals surface area contributed by atoms with E-state index >= 15 is 0 Å². The Morgan fingerprint density at radius 1 is 0.967 bits per heavy atom. The van der Waals surface area contributed by atoms with Crippen LogP contribution in [0.5, 0.6) is 17.2 Å². The van der Waals surface area contributed by atoms with Crippen molar-refractivity contribution in [3.05, 3.63) is 94.7 Å². The summed E-state index contributed by atoms with van der Waals surface area (Å²) in [5.41, 5.74) is 9.71. The van der Waals surface area contributed by atoms with Crippen molar-refractivity contribution in [2.45, 2.75) is 20.5 Å². The Hall–Kier alpha value is -3.73. The largest absolute Gasteiger partial charge is 0.507 e. The topological polar surface area (TPSA) is 81.8 Å². The fraction of sp³-hybridized carbons (Fsp3) is 0.160. The van der Waals surface area contributed by atoms with Gasteiger partial charge in [-0.1, -0.05) is 42.0 Å². The number of hydrogen-bond acceptors (Lipinski definition) is 5. The molecule has 3 rings (SSSR count). The van der Waals surface area contributed by atoms with Crippen LogP contribution in [-0.4, -0.2) is 18.0 Å². The molecule has 0 aromatic heterocycles. The van der Waals surface area contributed by atoms with Gasteiger partial charge >= 0.3 is 0 Å². The highest BCUT2D eigenvalue weighted by Gasteiger charge is 2.20. The lowest BCUT2D eigenvalue weighted by atomic mass is 9.94. The molecular weight excluding hydrogens is 378 g/mol. The molecule has 5 heteroatoms. The molecule has 0 aliphatic carbocycles. The van der Waals surface area contributed by atoms with Crippen molar-refractivity contribution >= 4 is 11.4 Å². The maximum atomic E-state index is 13.1. The molecule has 0 amide bonds. The number of methoxy groups -OCH3 is 1. The molecule has 0 atom stereocenters. The first-order valence-corrected chi connectivity index (χ1v) is 9.56. The van der Waals surface area contributed by atoms with E-state index < -0.39 is 0 Å². The first-order chi connectivity index (χ1) is 14.4. The summed E-state index contributed by atoms with van der Waals surface area (Å²) >= 11 is 0. The van der Waals surface area contributed by atoms with Crippen LogP contribution >= 0.6 is 0 Å². The molecule has 0 aliphatic rings. The minimum atomic E-state index is -0.359. The third-order valence-electron chi connectivity index (χ3n) is 4.74. The van der Waals surface area contributed by atoms with Crippen molar-refractivity contribution < 1.29 is 19.4 Å². The first kappa shape index (κ1) is 21.0. The number of phenolic OH excluding ortho intramolecular Hbond substituents is 1. The smallest absolute Gasteiger partial charge is 0.199 e. The summed E-state index contributed by atoms with van der Waals surface area (Å²) in [5.74, 6) is 0.638. The molecule has 0 radical (unpaired) electrons. The standard InChI is InChI=1S/C25H25NO4/c1-16-4-6-18(7-5-16)15-30-21-12-13-22(23(27)14-21)25(28)24(17(2)26)19-8-10-20(29-3)11-9-19/h4-14,27H,15,26H2,1-3H3. The number of phenols is 1. The van der Waals surface area contributed by atoms with E-state index in [0.717, 1.165) is 5.56 Å². The maximum absolute atomic E-state index is 13.1. The molecule has 0 heterocycles. The summed E-state index contributed by atoms with van der Waals surface area (Å²) < 4.78 is 10.9. The lowest BCUT2D eigenvalue weighted by molar-refractivity contribution is 0.105. The lowest BCUT2D eigenvalue weighted by Gasteiger charge is -2.13. The van der Waals surface area contributed by atoms with Crippen LogP contribution < -0.4 is 15.2 Å². The number of aromatic hydroxyl groups is 1. The van der Waals surface area contributed by atoms with Gasteiger partial charge in [0.2, 0.25) is 0 Å². The maximum Gasteiger partial charge on any atom is 0.199 e. The normalized spacial score (nSPS) is 11.6. The number of carbonyl (C=O) groups excluding carboxylic acids is 1. The number of rotatable bonds is 7. The number of hydrogen-bond donors (Lipinski definition) is 2. The monoisotopic (exact) mass is 403 g/mol. The first-order valence-electron chi connectivity index (χ1n) is 9.56. The molecule has 0 saturated carbocycles. The summed E-state index contributed by atoms with van der Waals surface area (Å²) in [5, 5.41) is 10.5. The van der Waals surface area contributed by atoms with Gasteiger partial charge in [-0.25, -0.2) is 0 Å². The molecule has 3 aromatic carbocycles. The molecule has 0 unspecified atom stereocenters. The summed E-state index contributed by atoms with van der Waals surface area (Å²) in [6.45, 7) is 4.05. The predicted octanol–water partition coefficient (Wildman–Crippen LogP) is 4.86. The number of Topliss-reactive ketones (excluding diaryl/α,β-unsaturated/α-hetero) is 1. The molecule has 0 aliphatic heterocycles. The van der Waals surface area contributed by atoms with Crippen molar-refractivity contribution in [3.8, 4) is 17.2 Å². The number of ether oxygens (including phenoxy) is 2. The quantitative estimate of drug-likeness (QED) is 0.435. The Labute approximate surface area is 176 Å². The SMILES string of the molecule is COc1ccc(C(C(=O)c2ccc(OCc3ccc(C)cc3)cc2O)=C(C)N)cc1. The number of ketones is 1. The van der Waals surface area contributed by atoms with Crippen LogP contribution in [0.25, 0.3) is 5.57 Å². The van der Waals surface area contributed by atoms with Crippen LogP contribution in [0, 0.1) is 6.92 Å². The molecule has 0 bridgehead atoms. The van der Waals surface area contributed by atoms with E-state index in [9.17, 15) is 9.90 Å². The van der Waals surface area contributed by atoms with Crippen LogP contribution in [0.1, 0.15) is 34.0 Å². The van der Waals surface area contributed by atoms with Gasteiger partial charge in [0.25, 0.3) is 0 Å². The number of aryl methyl sites for hydroxylation is 1. The Bertz CT molecular complexity index is 1060. The predicted molar refractivity (Wildman–Crippen MR) is 118 cm³/mol. The average molecular weight is 403 g/mol. The Morgan fingerprint density at radius 2 is 1.60 bits per heavy atom. The molecule has 0 fully saturated rings. The highest BCUT2D eigenvalue weighted by atomic mass is 16.5. The van der Waals surface area contributed by atoms with Crippen LogP contribution in [0.15, 0.2) is 72.4 Å². The molecule has 0 saturated heterocycles. The van der Waals surface area contributed by atoms with Crippen molar-refractivity contribution in [1.82, 2.24) is 0 Å². The van der Waals surface area contributed by atoms with E-state index in [1.54, 1.807) is 50.4 Å². The van der Waals surface area contributed by atoms with Gasteiger partial charge in [-0.2, -0.15) is 0 Å². The Kier molecular flexibility index (Phi) is 6.42. The second-order valence-electron chi connectivity index (χ2n) is 7.07. The van der Waals surface area contributed by atoms with E-state index in [1.807, 2.05) is 31.2 Å². The van der Waals surface area contributed by atoms with Gasteiger partial charge in [0, 0.05) is 17.3 Å². The van der Waals surface area contributed by atoms with Crippen LogP contribution in [0.4, 0.5) is 0 Å². The number of benzene rings is 3. The molecule has 3 aromatic rings. The van der Waals surface area contributed by atoms with Gasteiger partial charge < -0.3 is 20.3 Å². The molecular formula is C25H25NO4. The van der Waals surface area contributed by atoms with Crippen molar-refractivity contribution in [3.63, 3.8) is 0 Å². The summed E-state index contributed by atoms with van der Waals surface area (Å²) in [7, 11) is 1.57. The number of nitrogens with two attached hydrogens (primary N) is 1. The van der Waals surface area contributed by atoms with Gasteiger partial charge in [0.1, 0.15) is 23.9 Å². The van der Waals surface area contributed by atoms with Crippen molar-refractivity contribution in [1.29, 1.82) is 0 Å². The van der Waals surface area contributed by atoms with Gasteiger partial charge in [-0.3, -0.25) is 4.79 Å². The zero-order chi connectivity index (χ0) is 21.7. The molecule has 5 nitrogen and oxygen atoms in total. The van der Waals surface area contributed by atoms with E-state index in [2.05, 4.69) is 0 Å². The minimum absolute atomic E-state index is 0.159. The van der Waals surface area contributed by atoms with E-state index in [4.69, 9.17) is 15.2 Å². The third kappa shape index (κ3) is 4.81. The highest BCUT2D eigenvalue weighted by Crippen LogP contribution is 2.30. The van der Waals surface area contributed by atoms with E-state index in [-0.39, 0.29) is 17.1 Å². The second kappa shape index (κ2) is 9.18. The van der Waals surface area contributed by atoms with Gasteiger partial charge in [-0.15, -0.1) is 0 Å². The van der Waals surface area contributed by atoms with Gasteiger partial charge in [-0.05, 0) is 49.2 Å². The molecule has 3 N–H and O–H groups in total. The van der Waals surface area contributed by atoms with Crippen LogP contribution in [0.3, 0.4) is 0 Å². The zero-order valence-corrected chi connectivity index (χ0v) is 17.3. The second-order valence-corrected chi connectivity index (χ2v) is 7.07. The fourth-order valence-corrected chi connectivity index (χ4v) is 3.07. The van der Waals surface area contributed by atoms with Gasteiger partial charge in [0.05, 0.1) is 12.7 Å².